The smallest absolute Gasteiger partial charge is 0.259 e. The number of aromatic amines is 1. The van der Waals surface area contributed by atoms with Crippen molar-refractivity contribution in [2.24, 2.45) is 0 Å². The number of rotatable bonds is 5. The number of halogens is 3. The standard InChI is InChI=1S/C20H13ClF2N4O/c21-13-10-26-20(28)16(17(25)12-6-4-11(5-7-12)8-9-24)18(13)27-19-14(22)2-1-3-15(19)23/h1-7,10,25H,8H2,(H2,26,27,28). The lowest BCUT2D eigenvalue weighted by atomic mass is 10.00. The summed E-state index contributed by atoms with van der Waals surface area (Å²) in [5.41, 5.74) is -0.421. The highest BCUT2D eigenvalue weighted by Crippen LogP contribution is 2.30. The van der Waals surface area contributed by atoms with Crippen LogP contribution in [0.25, 0.3) is 0 Å². The third-order valence-electron chi connectivity index (χ3n) is 4.03. The van der Waals surface area contributed by atoms with Gasteiger partial charge in [0.25, 0.3) is 5.56 Å². The van der Waals surface area contributed by atoms with Crippen molar-refractivity contribution in [2.45, 2.75) is 6.42 Å². The van der Waals surface area contributed by atoms with Crippen LogP contribution in [0.15, 0.2) is 53.5 Å². The lowest BCUT2D eigenvalue weighted by Gasteiger charge is -2.15. The molecule has 0 radical (unpaired) electrons. The first-order chi connectivity index (χ1) is 13.4. The van der Waals surface area contributed by atoms with E-state index in [1.54, 1.807) is 24.3 Å². The fraction of sp³-hybridized carbons (Fsp3) is 0.0500. The highest BCUT2D eigenvalue weighted by atomic mass is 35.5. The number of pyridine rings is 1. The molecule has 0 aliphatic rings. The molecule has 3 aromatic rings. The maximum Gasteiger partial charge on any atom is 0.259 e. The summed E-state index contributed by atoms with van der Waals surface area (Å²) in [6.45, 7) is 0. The Bertz CT molecular complexity index is 1130. The molecule has 1 heterocycles. The summed E-state index contributed by atoms with van der Waals surface area (Å²) >= 11 is 6.14. The van der Waals surface area contributed by atoms with Crippen LogP contribution in [0, 0.1) is 28.4 Å². The summed E-state index contributed by atoms with van der Waals surface area (Å²) in [7, 11) is 0. The Morgan fingerprint density at radius 2 is 1.79 bits per heavy atom. The zero-order chi connectivity index (χ0) is 20.3. The van der Waals surface area contributed by atoms with Gasteiger partial charge in [-0.3, -0.25) is 10.2 Å². The summed E-state index contributed by atoms with van der Waals surface area (Å²) in [5.74, 6) is -1.73. The number of aromatic nitrogens is 1. The lowest BCUT2D eigenvalue weighted by Crippen LogP contribution is -2.21. The first-order valence-electron chi connectivity index (χ1n) is 8.09. The Morgan fingerprint density at radius 1 is 1.14 bits per heavy atom. The SMILES string of the molecule is N#CCc1ccc(C(=N)c2c(Nc3c(F)cccc3F)c(Cl)c[nH]c2=O)cc1. The van der Waals surface area contributed by atoms with E-state index in [4.69, 9.17) is 22.3 Å². The maximum absolute atomic E-state index is 14.0. The molecule has 0 atom stereocenters. The fourth-order valence-corrected chi connectivity index (χ4v) is 2.83. The summed E-state index contributed by atoms with van der Waals surface area (Å²) in [6, 6.07) is 11.8. The van der Waals surface area contributed by atoms with Crippen LogP contribution in [0.2, 0.25) is 5.02 Å². The van der Waals surface area contributed by atoms with E-state index in [0.717, 1.165) is 17.7 Å². The second kappa shape index (κ2) is 8.03. The number of anilines is 2. The van der Waals surface area contributed by atoms with E-state index in [-0.39, 0.29) is 28.4 Å². The van der Waals surface area contributed by atoms with Gasteiger partial charge in [0.05, 0.1) is 34.5 Å². The molecule has 3 rings (SSSR count). The number of hydrogen-bond acceptors (Lipinski definition) is 4. The summed E-state index contributed by atoms with van der Waals surface area (Å²) in [5, 5.41) is 19.7. The van der Waals surface area contributed by atoms with Crippen molar-refractivity contribution in [2.75, 3.05) is 5.32 Å². The normalized spacial score (nSPS) is 10.4. The lowest BCUT2D eigenvalue weighted by molar-refractivity contribution is 0.591. The molecule has 8 heteroatoms. The predicted octanol–water partition coefficient (Wildman–Crippen LogP) is 4.53. The van der Waals surface area contributed by atoms with E-state index in [9.17, 15) is 13.6 Å². The van der Waals surface area contributed by atoms with Crippen LogP contribution < -0.4 is 10.9 Å². The molecule has 0 bridgehead atoms. The quantitative estimate of drug-likeness (QED) is 0.551. The first-order valence-corrected chi connectivity index (χ1v) is 8.47. The number of nitriles is 1. The van der Waals surface area contributed by atoms with Gasteiger partial charge in [-0.2, -0.15) is 5.26 Å². The molecule has 2 aromatic carbocycles. The summed E-state index contributed by atoms with van der Waals surface area (Å²) < 4.78 is 28.1. The van der Waals surface area contributed by atoms with Crippen LogP contribution in [0.3, 0.4) is 0 Å². The minimum Gasteiger partial charge on any atom is -0.349 e. The molecule has 140 valence electrons. The highest BCUT2D eigenvalue weighted by Gasteiger charge is 2.20. The third-order valence-corrected chi connectivity index (χ3v) is 4.33. The third kappa shape index (κ3) is 3.77. The van der Waals surface area contributed by atoms with Gasteiger partial charge in [-0.25, -0.2) is 8.78 Å². The van der Waals surface area contributed by atoms with Crippen molar-refractivity contribution < 1.29 is 8.78 Å². The minimum absolute atomic E-state index is 0.0110. The van der Waals surface area contributed by atoms with Crippen LogP contribution in [0.5, 0.6) is 0 Å². The van der Waals surface area contributed by atoms with Crippen molar-refractivity contribution in [1.82, 2.24) is 4.98 Å². The van der Waals surface area contributed by atoms with Crippen molar-refractivity contribution >= 4 is 28.7 Å². The van der Waals surface area contributed by atoms with Gasteiger partial charge in [-0.05, 0) is 17.7 Å². The first kappa shape index (κ1) is 19.3. The molecule has 0 saturated carbocycles. The predicted molar refractivity (Wildman–Crippen MR) is 103 cm³/mol. The molecule has 0 aliphatic carbocycles. The molecular weight excluding hydrogens is 386 g/mol. The van der Waals surface area contributed by atoms with E-state index in [1.165, 1.54) is 12.3 Å². The Labute approximate surface area is 163 Å². The van der Waals surface area contributed by atoms with E-state index < -0.39 is 22.9 Å². The number of benzene rings is 2. The Morgan fingerprint density at radius 3 is 2.39 bits per heavy atom. The average Bonchev–Trinajstić information content (AvgIpc) is 2.68. The zero-order valence-electron chi connectivity index (χ0n) is 14.3. The molecule has 0 unspecified atom stereocenters. The van der Waals surface area contributed by atoms with E-state index in [2.05, 4.69) is 10.3 Å². The van der Waals surface area contributed by atoms with Crippen molar-refractivity contribution in [1.29, 1.82) is 10.7 Å². The van der Waals surface area contributed by atoms with Crippen LogP contribution in [0.4, 0.5) is 20.2 Å². The average molecular weight is 399 g/mol. The topological polar surface area (TPSA) is 92.5 Å². The van der Waals surface area contributed by atoms with Crippen LogP contribution in [-0.2, 0) is 6.42 Å². The summed E-state index contributed by atoms with van der Waals surface area (Å²) in [6.07, 6.45) is 1.39. The van der Waals surface area contributed by atoms with E-state index in [0.29, 0.717) is 5.56 Å². The van der Waals surface area contributed by atoms with Crippen molar-refractivity contribution in [3.8, 4) is 6.07 Å². The van der Waals surface area contributed by atoms with Crippen LogP contribution >= 0.6 is 11.6 Å². The second-order valence-electron chi connectivity index (χ2n) is 5.84. The Balaban J connectivity index is 2.09. The van der Waals surface area contributed by atoms with Crippen LogP contribution in [0.1, 0.15) is 16.7 Å². The molecule has 0 spiro atoms. The van der Waals surface area contributed by atoms with Gasteiger partial charge < -0.3 is 10.3 Å². The molecule has 0 fully saturated rings. The Kier molecular flexibility index (Phi) is 5.52. The second-order valence-corrected chi connectivity index (χ2v) is 6.25. The monoisotopic (exact) mass is 398 g/mol. The van der Waals surface area contributed by atoms with Crippen LogP contribution in [-0.4, -0.2) is 10.7 Å². The minimum atomic E-state index is -0.866. The number of H-pyrrole nitrogens is 1. The molecule has 0 aliphatic heterocycles. The van der Waals surface area contributed by atoms with Gasteiger partial charge in [0.15, 0.2) is 0 Å². The van der Waals surface area contributed by atoms with Gasteiger partial charge >= 0.3 is 0 Å². The van der Waals surface area contributed by atoms with Crippen molar-refractivity contribution in [3.63, 3.8) is 0 Å². The van der Waals surface area contributed by atoms with E-state index in [1.807, 2.05) is 6.07 Å². The number of nitrogens with one attached hydrogen (secondary N) is 3. The molecule has 28 heavy (non-hydrogen) atoms. The molecule has 5 nitrogen and oxygen atoms in total. The molecule has 0 saturated heterocycles. The largest absolute Gasteiger partial charge is 0.349 e. The summed E-state index contributed by atoms with van der Waals surface area (Å²) in [4.78, 5) is 14.8. The van der Waals surface area contributed by atoms with Crippen molar-refractivity contribution in [3.05, 3.63) is 92.4 Å². The number of para-hydroxylation sites is 1. The van der Waals surface area contributed by atoms with Gasteiger partial charge in [0.2, 0.25) is 0 Å². The van der Waals surface area contributed by atoms with Gasteiger partial charge in [-0.15, -0.1) is 0 Å². The molecule has 3 N–H and O–H groups in total. The van der Waals surface area contributed by atoms with Gasteiger partial charge in [-0.1, -0.05) is 41.9 Å². The molecule has 1 aromatic heterocycles. The van der Waals surface area contributed by atoms with Gasteiger partial charge in [0, 0.05) is 11.8 Å². The zero-order valence-corrected chi connectivity index (χ0v) is 15.1. The molecule has 0 amide bonds. The fourth-order valence-electron chi connectivity index (χ4n) is 2.63. The van der Waals surface area contributed by atoms with Gasteiger partial charge in [0.1, 0.15) is 17.3 Å². The number of nitrogens with zero attached hydrogens (tertiary/aromatic N) is 1. The van der Waals surface area contributed by atoms with E-state index >= 15 is 0 Å². The molecular formula is C20H13ClF2N4O. The maximum atomic E-state index is 14.0. The number of hydrogen-bond donors (Lipinski definition) is 3. The Hall–Kier alpha value is -3.50. The highest BCUT2D eigenvalue weighted by molar-refractivity contribution is 6.34.